The van der Waals surface area contributed by atoms with E-state index in [9.17, 15) is 19.5 Å². The number of carboxylic acids is 1. The zero-order valence-electron chi connectivity index (χ0n) is 12.8. The van der Waals surface area contributed by atoms with Crippen LogP contribution in [0.25, 0.3) is 0 Å². The molecule has 1 unspecified atom stereocenters. The summed E-state index contributed by atoms with van der Waals surface area (Å²) in [5, 5.41) is 15.6. The Bertz CT molecular complexity index is 333. The summed E-state index contributed by atoms with van der Waals surface area (Å²) in [6.45, 7) is 3.36. The molecule has 0 aromatic rings. The molecular weight excluding hydrogens is 276 g/mol. The molecule has 122 valence electrons. The smallest absolute Gasteiger partial charge is 0.222 e. The molecule has 0 spiro atoms. The lowest BCUT2D eigenvalue weighted by Gasteiger charge is -2.12. The molecule has 1 atom stereocenters. The molecule has 0 rings (SSSR count). The summed E-state index contributed by atoms with van der Waals surface area (Å²) in [5.74, 6) is -1.58. The molecule has 7 nitrogen and oxygen atoms in total. The van der Waals surface area contributed by atoms with Crippen molar-refractivity contribution in [3.63, 3.8) is 0 Å². The number of methoxy groups -OCH3 is 1. The van der Waals surface area contributed by atoms with Crippen LogP contribution in [0.15, 0.2) is 0 Å². The molecule has 0 aliphatic carbocycles. The minimum Gasteiger partial charge on any atom is -0.550 e. The Balaban J connectivity index is 3.54. The standard InChI is InChI=1S/C14H26N2O5/c1-11(14(20)16-9-10-21-2)5-3-4-8-15-12(17)6-7-13(18)19/h11H,3-10H2,1-2H3,(H,15,17)(H,16,20)(H,18,19)/p-1. The third kappa shape index (κ3) is 11.9. The second kappa shape index (κ2) is 12.1. The van der Waals surface area contributed by atoms with E-state index in [2.05, 4.69) is 10.6 Å². The van der Waals surface area contributed by atoms with Crippen molar-refractivity contribution in [1.82, 2.24) is 10.6 Å². The summed E-state index contributed by atoms with van der Waals surface area (Å²) in [7, 11) is 1.58. The lowest BCUT2D eigenvalue weighted by Crippen LogP contribution is -2.32. The summed E-state index contributed by atoms with van der Waals surface area (Å²) < 4.78 is 4.85. The second-order valence-electron chi connectivity index (χ2n) is 4.90. The van der Waals surface area contributed by atoms with Gasteiger partial charge in [-0.3, -0.25) is 9.59 Å². The Hall–Kier alpha value is -1.63. The Kier molecular flexibility index (Phi) is 11.2. The third-order valence-corrected chi connectivity index (χ3v) is 3.00. The van der Waals surface area contributed by atoms with E-state index in [0.717, 1.165) is 19.3 Å². The molecule has 2 amide bonds. The Morgan fingerprint density at radius 2 is 1.81 bits per heavy atom. The van der Waals surface area contributed by atoms with Gasteiger partial charge in [-0.1, -0.05) is 13.3 Å². The minimum atomic E-state index is -1.22. The first kappa shape index (κ1) is 19.4. The van der Waals surface area contributed by atoms with Crippen molar-refractivity contribution >= 4 is 17.8 Å². The summed E-state index contributed by atoms with van der Waals surface area (Å²) in [6.07, 6.45) is 2.01. The van der Waals surface area contributed by atoms with Crippen LogP contribution in [-0.2, 0) is 19.1 Å². The number of hydrogen-bond donors (Lipinski definition) is 2. The Morgan fingerprint density at radius 1 is 1.10 bits per heavy atom. The molecule has 0 saturated carbocycles. The topological polar surface area (TPSA) is 108 Å². The number of aliphatic carboxylic acids is 1. The zero-order chi connectivity index (χ0) is 16.1. The molecule has 2 N–H and O–H groups in total. The van der Waals surface area contributed by atoms with Crippen LogP contribution in [-0.4, -0.2) is 44.6 Å². The van der Waals surface area contributed by atoms with Gasteiger partial charge in [0.15, 0.2) is 0 Å². The molecule has 0 radical (unpaired) electrons. The van der Waals surface area contributed by atoms with Crippen molar-refractivity contribution < 1.29 is 24.2 Å². The number of hydrogen-bond acceptors (Lipinski definition) is 5. The van der Waals surface area contributed by atoms with Gasteiger partial charge < -0.3 is 25.3 Å². The maximum atomic E-state index is 11.6. The fourth-order valence-electron chi connectivity index (χ4n) is 1.69. The van der Waals surface area contributed by atoms with Crippen LogP contribution in [0, 0.1) is 5.92 Å². The van der Waals surface area contributed by atoms with Crippen LogP contribution in [0.3, 0.4) is 0 Å². The fourth-order valence-corrected chi connectivity index (χ4v) is 1.69. The van der Waals surface area contributed by atoms with Gasteiger partial charge in [-0.15, -0.1) is 0 Å². The monoisotopic (exact) mass is 301 g/mol. The van der Waals surface area contributed by atoms with E-state index in [1.807, 2.05) is 6.92 Å². The van der Waals surface area contributed by atoms with Crippen LogP contribution in [0.1, 0.15) is 39.0 Å². The molecule has 21 heavy (non-hydrogen) atoms. The van der Waals surface area contributed by atoms with Crippen LogP contribution in [0.2, 0.25) is 0 Å². The van der Waals surface area contributed by atoms with Crippen LogP contribution < -0.4 is 15.7 Å². The molecule has 0 aliphatic rings. The van der Waals surface area contributed by atoms with Gasteiger partial charge in [-0.05, 0) is 19.3 Å². The van der Waals surface area contributed by atoms with E-state index in [1.165, 1.54) is 0 Å². The number of nitrogens with one attached hydrogen (secondary N) is 2. The summed E-state index contributed by atoms with van der Waals surface area (Å²) in [4.78, 5) is 33.0. The van der Waals surface area contributed by atoms with Gasteiger partial charge in [0.2, 0.25) is 11.8 Å². The highest BCUT2D eigenvalue weighted by molar-refractivity contribution is 5.80. The molecule has 0 fully saturated rings. The van der Waals surface area contributed by atoms with Crippen molar-refractivity contribution in [3.8, 4) is 0 Å². The highest BCUT2D eigenvalue weighted by Crippen LogP contribution is 2.07. The number of carbonyl (C=O) groups excluding carboxylic acids is 3. The number of unbranched alkanes of at least 4 members (excludes halogenated alkanes) is 1. The minimum absolute atomic E-state index is 0.00467. The predicted octanol–water partition coefficient (Wildman–Crippen LogP) is -0.798. The molecule has 0 aromatic carbocycles. The average Bonchev–Trinajstić information content (AvgIpc) is 2.44. The molecule has 0 aromatic heterocycles. The van der Waals surface area contributed by atoms with Gasteiger partial charge in [0.1, 0.15) is 0 Å². The molecule has 7 heteroatoms. The van der Waals surface area contributed by atoms with Crippen LogP contribution in [0.5, 0.6) is 0 Å². The predicted molar refractivity (Wildman–Crippen MR) is 75.2 cm³/mol. The van der Waals surface area contributed by atoms with Crippen LogP contribution >= 0.6 is 0 Å². The molecule has 0 heterocycles. The SMILES string of the molecule is COCCNC(=O)C(C)CCCCNC(=O)CCC(=O)[O-]. The van der Waals surface area contributed by atoms with Gasteiger partial charge >= 0.3 is 0 Å². The third-order valence-electron chi connectivity index (χ3n) is 3.00. The number of amides is 2. The maximum Gasteiger partial charge on any atom is 0.222 e. The number of carbonyl (C=O) groups is 3. The second-order valence-corrected chi connectivity index (χ2v) is 4.90. The van der Waals surface area contributed by atoms with Crippen LogP contribution in [0.4, 0.5) is 0 Å². The molecule has 0 saturated heterocycles. The van der Waals surface area contributed by atoms with Crippen molar-refractivity contribution in [2.24, 2.45) is 5.92 Å². The lowest BCUT2D eigenvalue weighted by atomic mass is 10.0. The van der Waals surface area contributed by atoms with E-state index in [4.69, 9.17) is 4.74 Å². The fraction of sp³-hybridized carbons (Fsp3) is 0.786. The quantitative estimate of drug-likeness (QED) is 0.459. The van der Waals surface area contributed by atoms with Crippen molar-refractivity contribution in [2.75, 3.05) is 26.8 Å². The van der Waals surface area contributed by atoms with Crippen molar-refractivity contribution in [3.05, 3.63) is 0 Å². The first-order chi connectivity index (χ1) is 9.97. The van der Waals surface area contributed by atoms with Crippen molar-refractivity contribution in [1.29, 1.82) is 0 Å². The largest absolute Gasteiger partial charge is 0.550 e. The normalized spacial score (nSPS) is 11.7. The maximum absolute atomic E-state index is 11.6. The van der Waals surface area contributed by atoms with E-state index in [0.29, 0.717) is 19.7 Å². The van der Waals surface area contributed by atoms with Gasteiger partial charge in [0.05, 0.1) is 6.61 Å². The molecular formula is C14H25N2O5-. The summed E-state index contributed by atoms with van der Waals surface area (Å²) in [6, 6.07) is 0. The number of rotatable bonds is 12. The first-order valence-electron chi connectivity index (χ1n) is 7.20. The number of carboxylic acid groups (broad SMARTS) is 1. The van der Waals surface area contributed by atoms with E-state index in [1.54, 1.807) is 7.11 Å². The summed E-state index contributed by atoms with van der Waals surface area (Å²) in [5.41, 5.74) is 0. The Morgan fingerprint density at radius 3 is 2.43 bits per heavy atom. The van der Waals surface area contributed by atoms with Gasteiger partial charge in [0.25, 0.3) is 0 Å². The molecule has 0 aliphatic heterocycles. The molecule has 0 bridgehead atoms. The highest BCUT2D eigenvalue weighted by Gasteiger charge is 2.11. The average molecular weight is 301 g/mol. The van der Waals surface area contributed by atoms with E-state index >= 15 is 0 Å². The van der Waals surface area contributed by atoms with E-state index in [-0.39, 0.29) is 30.6 Å². The zero-order valence-corrected chi connectivity index (χ0v) is 12.8. The summed E-state index contributed by atoms with van der Waals surface area (Å²) >= 11 is 0. The number of ether oxygens (including phenoxy) is 1. The van der Waals surface area contributed by atoms with E-state index < -0.39 is 5.97 Å². The van der Waals surface area contributed by atoms with Gasteiger partial charge in [-0.2, -0.15) is 0 Å². The Labute approximate surface area is 125 Å². The van der Waals surface area contributed by atoms with Crippen molar-refractivity contribution in [2.45, 2.75) is 39.0 Å². The van der Waals surface area contributed by atoms with Gasteiger partial charge in [0, 0.05) is 38.5 Å². The lowest BCUT2D eigenvalue weighted by molar-refractivity contribution is -0.305. The first-order valence-corrected chi connectivity index (χ1v) is 7.20. The highest BCUT2D eigenvalue weighted by atomic mass is 16.5. The van der Waals surface area contributed by atoms with Gasteiger partial charge in [-0.25, -0.2) is 0 Å².